The van der Waals surface area contributed by atoms with Crippen molar-refractivity contribution >= 4 is 5.82 Å². The number of nitrogens with zero attached hydrogens (tertiary/aromatic N) is 3. The summed E-state index contributed by atoms with van der Waals surface area (Å²) < 4.78 is 13.9. The van der Waals surface area contributed by atoms with Crippen LogP contribution in [-0.2, 0) is 0 Å². The van der Waals surface area contributed by atoms with E-state index < -0.39 is 0 Å². The average molecular weight is 224 g/mol. The molecule has 1 saturated heterocycles. The van der Waals surface area contributed by atoms with Gasteiger partial charge in [0.05, 0.1) is 5.69 Å². The van der Waals surface area contributed by atoms with Crippen molar-refractivity contribution in [2.75, 3.05) is 24.5 Å². The van der Waals surface area contributed by atoms with Crippen LogP contribution in [0.25, 0.3) is 0 Å². The van der Waals surface area contributed by atoms with Gasteiger partial charge in [-0.25, -0.2) is 14.4 Å². The topological polar surface area (TPSA) is 41.1 Å². The van der Waals surface area contributed by atoms with Gasteiger partial charge in [0.1, 0.15) is 6.33 Å². The second-order valence-electron chi connectivity index (χ2n) is 4.83. The monoisotopic (exact) mass is 224 g/mol. The first-order valence-corrected chi connectivity index (χ1v) is 5.47. The van der Waals surface area contributed by atoms with Crippen molar-refractivity contribution in [3.63, 3.8) is 0 Å². The summed E-state index contributed by atoms with van der Waals surface area (Å²) in [5.74, 6) is 0.113. The summed E-state index contributed by atoms with van der Waals surface area (Å²) in [5, 5.41) is 3.38. The molecule has 1 fully saturated rings. The number of nitrogens with one attached hydrogen (secondary N) is 1. The van der Waals surface area contributed by atoms with Crippen LogP contribution in [0.1, 0.15) is 19.5 Å². The Kier molecular flexibility index (Phi) is 2.80. The number of hydrogen-bond acceptors (Lipinski definition) is 4. The number of rotatable bonds is 1. The van der Waals surface area contributed by atoms with Crippen molar-refractivity contribution in [3.8, 4) is 0 Å². The van der Waals surface area contributed by atoms with E-state index in [1.165, 1.54) is 6.33 Å². The maximum Gasteiger partial charge on any atom is 0.186 e. The Morgan fingerprint density at radius 3 is 2.88 bits per heavy atom. The van der Waals surface area contributed by atoms with Gasteiger partial charge >= 0.3 is 0 Å². The highest BCUT2D eigenvalue weighted by Gasteiger charge is 2.28. The average Bonchev–Trinajstić information content (AvgIpc) is 2.20. The standard InChI is InChI=1S/C11H17FN4/c1-8-9(12)10(14-7-13-8)16-5-4-15-11(2,3)6-16/h7,15H,4-6H2,1-3H3. The minimum absolute atomic E-state index is 0.0104. The molecule has 0 aliphatic carbocycles. The molecule has 0 radical (unpaired) electrons. The molecule has 0 aromatic carbocycles. The molecule has 1 N–H and O–H groups in total. The molecule has 2 heterocycles. The molecule has 1 aromatic heterocycles. The van der Waals surface area contributed by atoms with Crippen molar-refractivity contribution in [1.29, 1.82) is 0 Å². The third-order valence-corrected chi connectivity index (χ3v) is 2.82. The van der Waals surface area contributed by atoms with E-state index in [-0.39, 0.29) is 11.4 Å². The third kappa shape index (κ3) is 2.14. The smallest absolute Gasteiger partial charge is 0.186 e. The van der Waals surface area contributed by atoms with Crippen LogP contribution in [0.4, 0.5) is 10.2 Å². The van der Waals surface area contributed by atoms with Gasteiger partial charge in [-0.2, -0.15) is 0 Å². The molecule has 1 aliphatic rings. The Morgan fingerprint density at radius 1 is 1.44 bits per heavy atom. The van der Waals surface area contributed by atoms with Gasteiger partial charge in [-0.15, -0.1) is 0 Å². The number of aryl methyl sites for hydroxylation is 1. The molecule has 0 spiro atoms. The van der Waals surface area contributed by atoms with Crippen LogP contribution in [0.3, 0.4) is 0 Å². The van der Waals surface area contributed by atoms with E-state index >= 15 is 0 Å². The number of piperazine rings is 1. The maximum atomic E-state index is 13.9. The van der Waals surface area contributed by atoms with Crippen LogP contribution in [0, 0.1) is 12.7 Å². The first-order valence-electron chi connectivity index (χ1n) is 5.47. The summed E-state index contributed by atoms with van der Waals surface area (Å²) in [6.07, 6.45) is 1.42. The van der Waals surface area contributed by atoms with Crippen LogP contribution in [0.15, 0.2) is 6.33 Å². The minimum atomic E-state index is -0.305. The van der Waals surface area contributed by atoms with Crippen molar-refractivity contribution in [1.82, 2.24) is 15.3 Å². The summed E-state index contributed by atoms with van der Waals surface area (Å²) >= 11 is 0. The molecule has 0 bridgehead atoms. The zero-order valence-corrected chi connectivity index (χ0v) is 9.92. The highest BCUT2D eigenvalue weighted by Crippen LogP contribution is 2.21. The highest BCUT2D eigenvalue weighted by molar-refractivity contribution is 5.42. The van der Waals surface area contributed by atoms with Crippen LogP contribution in [-0.4, -0.2) is 35.1 Å². The lowest BCUT2D eigenvalue weighted by atomic mass is 10.0. The largest absolute Gasteiger partial charge is 0.351 e. The van der Waals surface area contributed by atoms with Crippen LogP contribution in [0.5, 0.6) is 0 Å². The fourth-order valence-electron chi connectivity index (χ4n) is 1.99. The molecule has 5 heteroatoms. The van der Waals surface area contributed by atoms with E-state index in [1.54, 1.807) is 6.92 Å². The maximum absolute atomic E-state index is 13.9. The molecule has 88 valence electrons. The van der Waals surface area contributed by atoms with Crippen LogP contribution < -0.4 is 10.2 Å². The Bertz CT molecular complexity index is 392. The SMILES string of the molecule is Cc1ncnc(N2CCNC(C)(C)C2)c1F. The molecule has 0 saturated carbocycles. The predicted molar refractivity (Wildman–Crippen MR) is 61.0 cm³/mol. The summed E-state index contributed by atoms with van der Waals surface area (Å²) in [5.41, 5.74) is 0.394. The Labute approximate surface area is 94.9 Å². The normalized spacial score (nSPS) is 19.9. The fourth-order valence-corrected chi connectivity index (χ4v) is 1.99. The lowest BCUT2D eigenvalue weighted by Gasteiger charge is -2.39. The molecule has 2 rings (SSSR count). The summed E-state index contributed by atoms with van der Waals surface area (Å²) in [6.45, 7) is 8.23. The minimum Gasteiger partial charge on any atom is -0.351 e. The summed E-state index contributed by atoms with van der Waals surface area (Å²) in [7, 11) is 0. The predicted octanol–water partition coefficient (Wildman–Crippen LogP) is 1.11. The second kappa shape index (κ2) is 3.97. The first kappa shape index (κ1) is 11.3. The van der Waals surface area contributed by atoms with E-state index in [0.29, 0.717) is 11.5 Å². The Morgan fingerprint density at radius 2 is 2.19 bits per heavy atom. The molecule has 4 nitrogen and oxygen atoms in total. The molecule has 0 unspecified atom stereocenters. The van der Waals surface area contributed by atoms with Crippen LogP contribution in [0.2, 0.25) is 0 Å². The molecular weight excluding hydrogens is 207 g/mol. The van der Waals surface area contributed by atoms with Crippen molar-refractivity contribution in [2.45, 2.75) is 26.3 Å². The number of aromatic nitrogens is 2. The van der Waals surface area contributed by atoms with Gasteiger partial charge in [0, 0.05) is 25.2 Å². The zero-order valence-electron chi connectivity index (χ0n) is 9.92. The van der Waals surface area contributed by atoms with Gasteiger partial charge in [-0.1, -0.05) is 0 Å². The van der Waals surface area contributed by atoms with Gasteiger partial charge in [-0.3, -0.25) is 0 Å². The summed E-state index contributed by atoms with van der Waals surface area (Å²) in [6, 6.07) is 0. The van der Waals surface area contributed by atoms with E-state index in [1.807, 2.05) is 4.90 Å². The molecule has 1 aromatic rings. The van der Waals surface area contributed by atoms with E-state index in [4.69, 9.17) is 0 Å². The molecule has 0 atom stereocenters. The second-order valence-corrected chi connectivity index (χ2v) is 4.83. The van der Waals surface area contributed by atoms with Gasteiger partial charge in [0.2, 0.25) is 0 Å². The van der Waals surface area contributed by atoms with Crippen molar-refractivity contribution < 1.29 is 4.39 Å². The number of anilines is 1. The number of hydrogen-bond donors (Lipinski definition) is 1. The van der Waals surface area contributed by atoms with Gasteiger partial charge in [0.25, 0.3) is 0 Å². The van der Waals surface area contributed by atoms with Gasteiger partial charge in [-0.05, 0) is 20.8 Å². The fraction of sp³-hybridized carbons (Fsp3) is 0.636. The Balaban J connectivity index is 2.27. The lowest BCUT2D eigenvalue weighted by molar-refractivity contribution is 0.349. The molecule has 1 aliphatic heterocycles. The first-order chi connectivity index (χ1) is 7.49. The third-order valence-electron chi connectivity index (χ3n) is 2.82. The van der Waals surface area contributed by atoms with Crippen molar-refractivity contribution in [2.24, 2.45) is 0 Å². The van der Waals surface area contributed by atoms with Gasteiger partial charge < -0.3 is 10.2 Å². The van der Waals surface area contributed by atoms with E-state index in [2.05, 4.69) is 29.1 Å². The zero-order chi connectivity index (χ0) is 11.8. The van der Waals surface area contributed by atoms with E-state index in [0.717, 1.165) is 19.6 Å². The quantitative estimate of drug-likeness (QED) is 0.776. The lowest BCUT2D eigenvalue weighted by Crippen LogP contribution is -2.57. The molecule has 0 amide bonds. The van der Waals surface area contributed by atoms with Crippen molar-refractivity contribution in [3.05, 3.63) is 17.8 Å². The highest BCUT2D eigenvalue weighted by atomic mass is 19.1. The Hall–Kier alpha value is -1.23. The number of halogens is 1. The van der Waals surface area contributed by atoms with E-state index in [9.17, 15) is 4.39 Å². The summed E-state index contributed by atoms with van der Waals surface area (Å²) in [4.78, 5) is 9.86. The van der Waals surface area contributed by atoms with Crippen LogP contribution >= 0.6 is 0 Å². The molecule has 16 heavy (non-hydrogen) atoms. The van der Waals surface area contributed by atoms with Gasteiger partial charge in [0.15, 0.2) is 11.6 Å². The molecular formula is C11H17FN4.